The minimum atomic E-state index is -1.04. The number of benzene rings is 4. The third-order valence-corrected chi connectivity index (χ3v) is 7.71. The molecule has 1 atom stereocenters. The molecule has 4 aromatic carbocycles. The number of rotatable bonds is 11. The summed E-state index contributed by atoms with van der Waals surface area (Å²) in [6, 6.07) is 28.4. The monoisotopic (exact) mass is 613 g/mol. The number of amides is 3. The molecule has 0 heterocycles. The molecule has 0 aromatic heterocycles. The number of anilines is 2. The zero-order chi connectivity index (χ0) is 30.8. The summed E-state index contributed by atoms with van der Waals surface area (Å²) in [6.45, 7) is 1.89. The number of hydrogen-bond donors (Lipinski definition) is 4. The Balaban J connectivity index is 1.48. The minimum Gasteiger partial charge on any atom is -0.478 e. The number of nitrogens with one attached hydrogen (secondary N) is 3. The first kappa shape index (κ1) is 31.1. The number of halogens is 1. The van der Waals surface area contributed by atoms with Crippen molar-refractivity contribution in [2.24, 2.45) is 0 Å². The van der Waals surface area contributed by atoms with Crippen molar-refractivity contribution < 1.29 is 24.3 Å². The highest BCUT2D eigenvalue weighted by molar-refractivity contribution is 8.00. The second-order valence-electron chi connectivity index (χ2n) is 9.30. The van der Waals surface area contributed by atoms with Crippen molar-refractivity contribution in [3.63, 3.8) is 0 Å². The lowest BCUT2D eigenvalue weighted by Crippen LogP contribution is -2.30. The molecule has 0 radical (unpaired) electrons. The molecule has 0 aliphatic heterocycles. The molecule has 0 saturated heterocycles. The Morgan fingerprint density at radius 1 is 0.814 bits per heavy atom. The molecule has 1 unspecified atom stereocenters. The summed E-state index contributed by atoms with van der Waals surface area (Å²) in [6.07, 6.45) is 2.07. The van der Waals surface area contributed by atoms with Gasteiger partial charge in [0.25, 0.3) is 11.8 Å². The van der Waals surface area contributed by atoms with Crippen LogP contribution in [0.3, 0.4) is 0 Å². The summed E-state index contributed by atoms with van der Waals surface area (Å²) in [4.78, 5) is 51.1. The normalized spacial score (nSPS) is 11.7. The fourth-order valence-electron chi connectivity index (χ4n) is 3.96. The summed E-state index contributed by atoms with van der Waals surface area (Å²) in [5, 5.41) is 17.5. The van der Waals surface area contributed by atoms with Crippen molar-refractivity contribution in [2.45, 2.75) is 23.5 Å². The highest BCUT2D eigenvalue weighted by Gasteiger charge is 2.20. The Labute approximate surface area is 258 Å². The topological polar surface area (TPSA) is 125 Å². The number of carboxylic acid groups (broad SMARTS) is 1. The number of carbonyl (C=O) groups excluding carboxylic acids is 3. The molecule has 0 spiro atoms. The zero-order valence-corrected chi connectivity index (χ0v) is 24.6. The van der Waals surface area contributed by atoms with Gasteiger partial charge >= 0.3 is 5.97 Å². The van der Waals surface area contributed by atoms with Gasteiger partial charge in [-0.15, -0.1) is 11.8 Å². The van der Waals surface area contributed by atoms with Crippen molar-refractivity contribution in [1.82, 2.24) is 5.32 Å². The predicted molar refractivity (Wildman–Crippen MR) is 170 cm³/mol. The molecule has 0 bridgehead atoms. The maximum absolute atomic E-state index is 13.4. The third kappa shape index (κ3) is 9.06. The molecule has 4 rings (SSSR count). The Morgan fingerprint density at radius 3 is 2.21 bits per heavy atom. The number of aromatic carboxylic acids is 1. The molecule has 43 heavy (non-hydrogen) atoms. The van der Waals surface area contributed by atoms with Gasteiger partial charge < -0.3 is 21.1 Å². The average Bonchev–Trinajstić information content (AvgIpc) is 3.00. The van der Waals surface area contributed by atoms with E-state index < -0.39 is 23.0 Å². The highest BCUT2D eigenvalue weighted by atomic mass is 35.5. The average molecular weight is 614 g/mol. The lowest BCUT2D eigenvalue weighted by molar-refractivity contribution is -0.116. The Bertz CT molecular complexity index is 1660. The fourth-order valence-corrected chi connectivity index (χ4v) is 5.17. The van der Waals surface area contributed by atoms with Crippen molar-refractivity contribution in [2.75, 3.05) is 10.6 Å². The van der Waals surface area contributed by atoms with Gasteiger partial charge in [0, 0.05) is 26.9 Å². The van der Waals surface area contributed by atoms with Gasteiger partial charge in [-0.1, -0.05) is 54.9 Å². The van der Waals surface area contributed by atoms with Crippen LogP contribution in [0.1, 0.15) is 39.6 Å². The van der Waals surface area contributed by atoms with Gasteiger partial charge in [-0.25, -0.2) is 4.79 Å². The number of thioether (sulfide) groups is 1. The van der Waals surface area contributed by atoms with E-state index in [1.54, 1.807) is 91.0 Å². The van der Waals surface area contributed by atoms with Gasteiger partial charge in [0.2, 0.25) is 5.91 Å². The zero-order valence-electron chi connectivity index (χ0n) is 23.0. The van der Waals surface area contributed by atoms with Crippen LogP contribution in [-0.2, 0) is 9.59 Å². The first-order valence-electron chi connectivity index (χ1n) is 13.3. The van der Waals surface area contributed by atoms with Crippen LogP contribution in [0.25, 0.3) is 6.08 Å². The van der Waals surface area contributed by atoms with E-state index in [1.807, 2.05) is 13.0 Å². The van der Waals surface area contributed by atoms with Crippen LogP contribution in [0.4, 0.5) is 11.4 Å². The quantitative estimate of drug-likeness (QED) is 0.107. The van der Waals surface area contributed by atoms with Gasteiger partial charge in [0.05, 0.1) is 10.8 Å². The second-order valence-corrected chi connectivity index (χ2v) is 11.0. The Hall–Kier alpha value is -4.86. The SMILES string of the molecule is CCC(Sc1cccc(NC(=O)/C(=C/c2cccc(Cl)c2)NC(=O)c2ccccc2)c1)C(=O)Nc1ccc(C(=O)O)cc1. The molecule has 4 N–H and O–H groups in total. The predicted octanol–water partition coefficient (Wildman–Crippen LogP) is 6.96. The van der Waals surface area contributed by atoms with E-state index >= 15 is 0 Å². The maximum Gasteiger partial charge on any atom is 0.335 e. The first-order valence-corrected chi connectivity index (χ1v) is 14.5. The summed E-state index contributed by atoms with van der Waals surface area (Å²) in [7, 11) is 0. The van der Waals surface area contributed by atoms with Crippen molar-refractivity contribution in [1.29, 1.82) is 0 Å². The summed E-state index contributed by atoms with van der Waals surface area (Å²) >= 11 is 7.46. The van der Waals surface area contributed by atoms with Crippen molar-refractivity contribution in [3.05, 3.63) is 131 Å². The van der Waals surface area contributed by atoms with E-state index in [1.165, 1.54) is 23.9 Å². The van der Waals surface area contributed by atoms with Gasteiger partial charge in [0.1, 0.15) is 5.70 Å². The largest absolute Gasteiger partial charge is 0.478 e. The van der Waals surface area contributed by atoms with Gasteiger partial charge in [-0.3, -0.25) is 14.4 Å². The van der Waals surface area contributed by atoms with Crippen molar-refractivity contribution in [3.8, 4) is 0 Å². The lowest BCUT2D eigenvalue weighted by atomic mass is 10.1. The fraction of sp³-hybridized carbons (Fsp3) is 0.0909. The molecule has 0 saturated carbocycles. The molecule has 10 heteroatoms. The lowest BCUT2D eigenvalue weighted by Gasteiger charge is -2.16. The van der Waals surface area contributed by atoms with E-state index in [9.17, 15) is 19.2 Å². The van der Waals surface area contributed by atoms with E-state index in [-0.39, 0.29) is 17.2 Å². The molecule has 0 aliphatic rings. The Kier molecular flexibility index (Phi) is 10.7. The summed E-state index contributed by atoms with van der Waals surface area (Å²) < 4.78 is 0. The summed E-state index contributed by atoms with van der Waals surface area (Å²) in [5.74, 6) is -2.26. The molecule has 8 nitrogen and oxygen atoms in total. The van der Waals surface area contributed by atoms with Crippen LogP contribution in [0.5, 0.6) is 0 Å². The van der Waals surface area contributed by atoms with Crippen LogP contribution in [0.15, 0.2) is 114 Å². The van der Waals surface area contributed by atoms with E-state index in [4.69, 9.17) is 16.7 Å². The smallest absolute Gasteiger partial charge is 0.335 e. The molecular formula is C33H28ClN3O5S. The van der Waals surface area contributed by atoms with Crippen LogP contribution in [0.2, 0.25) is 5.02 Å². The van der Waals surface area contributed by atoms with Crippen LogP contribution in [0, 0.1) is 0 Å². The van der Waals surface area contributed by atoms with E-state index in [0.717, 1.165) is 4.90 Å². The second kappa shape index (κ2) is 14.9. The van der Waals surface area contributed by atoms with E-state index in [0.29, 0.717) is 33.9 Å². The highest BCUT2D eigenvalue weighted by Crippen LogP contribution is 2.29. The Morgan fingerprint density at radius 2 is 1.53 bits per heavy atom. The molecular weight excluding hydrogens is 586 g/mol. The molecule has 4 aromatic rings. The maximum atomic E-state index is 13.4. The van der Waals surface area contributed by atoms with Crippen LogP contribution in [-0.4, -0.2) is 34.0 Å². The van der Waals surface area contributed by atoms with Crippen LogP contribution >= 0.6 is 23.4 Å². The van der Waals surface area contributed by atoms with Gasteiger partial charge in [0.15, 0.2) is 0 Å². The minimum absolute atomic E-state index is 0.0221. The third-order valence-electron chi connectivity index (χ3n) is 6.12. The standard InChI is InChI=1S/C33H28ClN3O5S/c1-2-29(32(40)35-25-16-14-23(15-17-25)33(41)42)43-27-13-7-12-26(20-27)36-31(39)28(19-21-8-6-11-24(34)18-21)37-30(38)22-9-4-3-5-10-22/h3-20,29H,2H2,1H3,(H,35,40)(H,36,39)(H,37,38)(H,41,42)/b28-19-. The number of carbonyl (C=O) groups is 4. The molecule has 218 valence electrons. The van der Waals surface area contributed by atoms with E-state index in [2.05, 4.69) is 16.0 Å². The van der Waals surface area contributed by atoms with Gasteiger partial charge in [-0.05, 0) is 84.8 Å². The molecule has 3 amide bonds. The molecule has 0 fully saturated rings. The summed E-state index contributed by atoms with van der Waals surface area (Å²) in [5.41, 5.74) is 2.14. The first-order chi connectivity index (χ1) is 20.7. The van der Waals surface area contributed by atoms with Gasteiger partial charge in [-0.2, -0.15) is 0 Å². The number of carboxylic acids is 1. The van der Waals surface area contributed by atoms with Crippen LogP contribution < -0.4 is 16.0 Å². The number of hydrogen-bond acceptors (Lipinski definition) is 5. The van der Waals surface area contributed by atoms with Crippen molar-refractivity contribution >= 4 is 64.5 Å². The molecule has 0 aliphatic carbocycles.